The van der Waals surface area contributed by atoms with Gasteiger partial charge >= 0.3 is 0 Å². The summed E-state index contributed by atoms with van der Waals surface area (Å²) in [7, 11) is 0. The van der Waals surface area contributed by atoms with E-state index in [0.29, 0.717) is 23.4 Å². The zero-order chi connectivity index (χ0) is 14.7. The van der Waals surface area contributed by atoms with E-state index in [1.54, 1.807) is 24.3 Å². The molecular formula is C17H28O2. The fourth-order valence-corrected chi connectivity index (χ4v) is 1.45. The van der Waals surface area contributed by atoms with Crippen LogP contribution in [-0.4, -0.2) is 10.9 Å². The van der Waals surface area contributed by atoms with Gasteiger partial charge in [-0.1, -0.05) is 45.9 Å². The molecule has 0 aliphatic carbocycles. The number of phenolic OH excluding ortho intramolecular Hbond substituents is 1. The Kier molecular flexibility index (Phi) is 9.87. The molecule has 1 aromatic carbocycles. The number of hydrogen-bond donors (Lipinski definition) is 1. The van der Waals surface area contributed by atoms with E-state index in [-0.39, 0.29) is 0 Å². The summed E-state index contributed by atoms with van der Waals surface area (Å²) in [6.45, 7) is 8.65. The molecule has 2 heteroatoms. The number of para-hydroxylation sites is 1. The van der Waals surface area contributed by atoms with Crippen LogP contribution in [0.15, 0.2) is 30.3 Å². The molecule has 0 saturated heterocycles. The van der Waals surface area contributed by atoms with Crippen LogP contribution in [0, 0.1) is 11.8 Å². The largest absolute Gasteiger partial charge is 0.508 e. The Balaban J connectivity index is 0.000000388. The lowest BCUT2D eigenvalue weighted by Crippen LogP contribution is -2.02. The van der Waals surface area contributed by atoms with Crippen LogP contribution in [0.4, 0.5) is 0 Å². The van der Waals surface area contributed by atoms with Gasteiger partial charge < -0.3 is 5.11 Å². The molecule has 0 aliphatic heterocycles. The number of rotatable bonds is 6. The van der Waals surface area contributed by atoms with E-state index in [1.807, 2.05) is 6.07 Å². The first kappa shape index (κ1) is 17.7. The van der Waals surface area contributed by atoms with Crippen molar-refractivity contribution < 1.29 is 9.90 Å². The third-order valence-corrected chi connectivity index (χ3v) is 2.76. The van der Waals surface area contributed by atoms with Crippen molar-refractivity contribution in [3.8, 4) is 5.75 Å². The van der Waals surface area contributed by atoms with Crippen LogP contribution < -0.4 is 0 Å². The van der Waals surface area contributed by atoms with E-state index >= 15 is 0 Å². The van der Waals surface area contributed by atoms with Crippen molar-refractivity contribution >= 4 is 5.78 Å². The van der Waals surface area contributed by atoms with Crippen LogP contribution in [0.2, 0.25) is 0 Å². The molecule has 1 rings (SSSR count). The molecule has 1 aromatic rings. The maximum absolute atomic E-state index is 11.3. The zero-order valence-electron chi connectivity index (χ0n) is 12.7. The molecule has 0 bridgehead atoms. The van der Waals surface area contributed by atoms with Gasteiger partial charge in [-0.2, -0.15) is 0 Å². The summed E-state index contributed by atoms with van der Waals surface area (Å²) < 4.78 is 0. The van der Waals surface area contributed by atoms with Crippen molar-refractivity contribution in [3.63, 3.8) is 0 Å². The van der Waals surface area contributed by atoms with Gasteiger partial charge in [0.15, 0.2) is 0 Å². The van der Waals surface area contributed by atoms with Gasteiger partial charge in [-0.05, 0) is 36.8 Å². The van der Waals surface area contributed by atoms with Gasteiger partial charge in [-0.15, -0.1) is 0 Å². The fraction of sp³-hybridized carbons (Fsp3) is 0.588. The van der Waals surface area contributed by atoms with Gasteiger partial charge in [0.05, 0.1) is 0 Å². The minimum atomic E-state index is 0.322. The maximum atomic E-state index is 11.3. The Morgan fingerprint density at radius 1 is 0.947 bits per heavy atom. The van der Waals surface area contributed by atoms with Crippen molar-refractivity contribution in [2.45, 2.75) is 53.4 Å². The quantitative estimate of drug-likeness (QED) is 0.799. The standard InChI is InChI=1S/C11H22O.C6H6O/c1-9(2)5-7-11(12)8-6-10(3)4;7-6-4-2-1-3-5-6/h9-10H,5-8H2,1-4H3;1-5,7H. The van der Waals surface area contributed by atoms with Crippen LogP contribution in [0.3, 0.4) is 0 Å². The Morgan fingerprint density at radius 3 is 1.63 bits per heavy atom. The lowest BCUT2D eigenvalue weighted by molar-refractivity contribution is -0.119. The normalized spacial score (nSPS) is 10.2. The molecule has 0 aliphatic rings. The minimum absolute atomic E-state index is 0.322. The number of carbonyl (C=O) groups is 1. The topological polar surface area (TPSA) is 37.3 Å². The molecule has 0 aromatic heterocycles. The van der Waals surface area contributed by atoms with E-state index in [1.165, 1.54) is 0 Å². The molecule has 0 heterocycles. The second-order valence-corrected chi connectivity index (χ2v) is 5.74. The second-order valence-electron chi connectivity index (χ2n) is 5.74. The van der Waals surface area contributed by atoms with Crippen LogP contribution in [-0.2, 0) is 4.79 Å². The third kappa shape index (κ3) is 12.9. The molecule has 0 amide bonds. The van der Waals surface area contributed by atoms with Gasteiger partial charge in [0.2, 0.25) is 0 Å². The van der Waals surface area contributed by atoms with Crippen molar-refractivity contribution in [2.75, 3.05) is 0 Å². The van der Waals surface area contributed by atoms with Crippen molar-refractivity contribution in [1.29, 1.82) is 0 Å². The fourth-order valence-electron chi connectivity index (χ4n) is 1.45. The van der Waals surface area contributed by atoms with Gasteiger partial charge in [0.1, 0.15) is 11.5 Å². The van der Waals surface area contributed by atoms with E-state index < -0.39 is 0 Å². The summed E-state index contributed by atoms with van der Waals surface area (Å²) in [5.41, 5.74) is 0. The first-order valence-electron chi connectivity index (χ1n) is 7.17. The highest BCUT2D eigenvalue weighted by molar-refractivity contribution is 5.78. The summed E-state index contributed by atoms with van der Waals surface area (Å²) in [4.78, 5) is 11.3. The van der Waals surface area contributed by atoms with Gasteiger partial charge in [-0.3, -0.25) is 4.79 Å². The Hall–Kier alpha value is -1.31. The minimum Gasteiger partial charge on any atom is -0.508 e. The van der Waals surface area contributed by atoms with Crippen molar-refractivity contribution in [2.24, 2.45) is 11.8 Å². The number of Topliss-reactive ketones (excluding diaryl/α,β-unsaturated/α-hetero) is 1. The summed E-state index contributed by atoms with van der Waals surface area (Å²) >= 11 is 0. The highest BCUT2D eigenvalue weighted by Crippen LogP contribution is 2.09. The van der Waals surface area contributed by atoms with Crippen molar-refractivity contribution in [1.82, 2.24) is 0 Å². The summed E-state index contributed by atoms with van der Waals surface area (Å²) in [5.74, 6) is 2.08. The molecule has 0 saturated carbocycles. The third-order valence-electron chi connectivity index (χ3n) is 2.76. The number of carbonyl (C=O) groups excluding carboxylic acids is 1. The van der Waals surface area contributed by atoms with E-state index in [4.69, 9.17) is 5.11 Å². The lowest BCUT2D eigenvalue weighted by atomic mass is 10.0. The molecule has 19 heavy (non-hydrogen) atoms. The molecule has 0 atom stereocenters. The van der Waals surface area contributed by atoms with Crippen LogP contribution >= 0.6 is 0 Å². The predicted molar refractivity (Wildman–Crippen MR) is 81.3 cm³/mol. The van der Waals surface area contributed by atoms with Crippen LogP contribution in [0.1, 0.15) is 53.4 Å². The summed E-state index contributed by atoms with van der Waals surface area (Å²) in [6, 6.07) is 8.71. The number of benzene rings is 1. The van der Waals surface area contributed by atoms with Crippen LogP contribution in [0.5, 0.6) is 5.75 Å². The molecule has 108 valence electrons. The van der Waals surface area contributed by atoms with Gasteiger partial charge in [-0.25, -0.2) is 0 Å². The molecule has 0 fully saturated rings. The van der Waals surface area contributed by atoms with Gasteiger partial charge in [0.25, 0.3) is 0 Å². The molecule has 0 unspecified atom stereocenters. The van der Waals surface area contributed by atoms with E-state index in [9.17, 15) is 4.79 Å². The predicted octanol–water partition coefficient (Wildman–Crippen LogP) is 4.82. The molecule has 0 radical (unpaired) electrons. The van der Waals surface area contributed by atoms with E-state index in [0.717, 1.165) is 25.7 Å². The Morgan fingerprint density at radius 2 is 1.37 bits per heavy atom. The van der Waals surface area contributed by atoms with Crippen LogP contribution in [0.25, 0.3) is 0 Å². The number of phenols is 1. The Labute approximate surface area is 117 Å². The highest BCUT2D eigenvalue weighted by atomic mass is 16.3. The smallest absolute Gasteiger partial charge is 0.132 e. The lowest BCUT2D eigenvalue weighted by Gasteiger charge is -2.05. The summed E-state index contributed by atoms with van der Waals surface area (Å²) in [6.07, 6.45) is 3.67. The maximum Gasteiger partial charge on any atom is 0.132 e. The number of hydrogen-bond acceptors (Lipinski definition) is 2. The van der Waals surface area contributed by atoms with Crippen molar-refractivity contribution in [3.05, 3.63) is 30.3 Å². The Bertz CT molecular complexity index is 314. The van der Waals surface area contributed by atoms with Gasteiger partial charge in [0, 0.05) is 12.8 Å². The first-order chi connectivity index (χ1) is 8.91. The van der Waals surface area contributed by atoms with E-state index in [2.05, 4.69) is 27.7 Å². The second kappa shape index (κ2) is 10.6. The average Bonchev–Trinajstić information content (AvgIpc) is 2.35. The average molecular weight is 264 g/mol. The number of ketones is 1. The molecule has 1 N–H and O–H groups in total. The summed E-state index contributed by atoms with van der Waals surface area (Å²) in [5, 5.41) is 8.63. The molecule has 2 nitrogen and oxygen atoms in total. The highest BCUT2D eigenvalue weighted by Gasteiger charge is 2.04. The SMILES string of the molecule is CC(C)CCC(=O)CCC(C)C.Oc1ccccc1. The number of aromatic hydroxyl groups is 1. The first-order valence-corrected chi connectivity index (χ1v) is 7.17. The molecular weight excluding hydrogens is 236 g/mol. The molecule has 0 spiro atoms. The zero-order valence-corrected chi connectivity index (χ0v) is 12.7. The monoisotopic (exact) mass is 264 g/mol.